The number of nitrogens with zero attached hydrogens (tertiary/aromatic N) is 1. The first kappa shape index (κ1) is 21.3. The van der Waals surface area contributed by atoms with Crippen LogP contribution in [-0.2, 0) is 11.4 Å². The van der Waals surface area contributed by atoms with Gasteiger partial charge >= 0.3 is 5.97 Å². The fourth-order valence-corrected chi connectivity index (χ4v) is 4.38. The van der Waals surface area contributed by atoms with Gasteiger partial charge in [-0.05, 0) is 47.4 Å². The first-order valence-corrected chi connectivity index (χ1v) is 11.2. The second-order valence-electron chi connectivity index (χ2n) is 8.84. The number of aliphatic carboxylic acids is 1. The molecule has 1 fully saturated rings. The highest BCUT2D eigenvalue weighted by Gasteiger charge is 2.32. The summed E-state index contributed by atoms with van der Waals surface area (Å²) >= 11 is 0. The van der Waals surface area contributed by atoms with Gasteiger partial charge in [0.05, 0.1) is 5.92 Å². The molecule has 0 amide bonds. The number of hydrogen-bond donors (Lipinski definition) is 1. The Morgan fingerprint density at radius 3 is 2.70 bits per heavy atom. The highest BCUT2D eigenvalue weighted by atomic mass is 16.5. The Balaban J connectivity index is 1.25. The van der Waals surface area contributed by atoms with E-state index in [9.17, 15) is 4.79 Å². The maximum absolute atomic E-state index is 11.0. The quantitative estimate of drug-likeness (QED) is 0.557. The van der Waals surface area contributed by atoms with Crippen molar-refractivity contribution < 1.29 is 19.4 Å². The number of likely N-dealkylation sites (tertiary alicyclic amines) is 1. The van der Waals surface area contributed by atoms with Gasteiger partial charge in [-0.15, -0.1) is 0 Å². The molecule has 0 unspecified atom stereocenters. The third kappa shape index (κ3) is 4.78. The lowest BCUT2D eigenvalue weighted by atomic mass is 9.98. The fourth-order valence-electron chi connectivity index (χ4n) is 4.38. The summed E-state index contributed by atoms with van der Waals surface area (Å²) in [5.74, 6) is 0.644. The van der Waals surface area contributed by atoms with Gasteiger partial charge < -0.3 is 14.6 Å². The number of carboxylic acids is 1. The number of benzene rings is 3. The predicted octanol–water partition coefficient (Wildman–Crippen LogP) is 5.03. The highest BCUT2D eigenvalue weighted by molar-refractivity contribution is 5.72. The Hall–Kier alpha value is -3.57. The molecule has 0 spiro atoms. The molecular formula is C28H27NO4. The molecule has 0 radical (unpaired) electrons. The minimum atomic E-state index is -0.709. The Morgan fingerprint density at radius 2 is 1.91 bits per heavy atom. The molecule has 0 saturated carbocycles. The number of hydrogen-bond acceptors (Lipinski definition) is 4. The van der Waals surface area contributed by atoms with Crippen LogP contribution in [0, 0.1) is 12.8 Å². The van der Waals surface area contributed by atoms with E-state index in [-0.39, 0.29) is 5.92 Å². The van der Waals surface area contributed by atoms with E-state index in [0.717, 1.165) is 34.7 Å². The van der Waals surface area contributed by atoms with Crippen molar-refractivity contribution in [3.63, 3.8) is 0 Å². The van der Waals surface area contributed by atoms with Crippen LogP contribution >= 0.6 is 0 Å². The van der Waals surface area contributed by atoms with Crippen molar-refractivity contribution in [1.82, 2.24) is 4.90 Å². The summed E-state index contributed by atoms with van der Waals surface area (Å²) < 4.78 is 12.1. The predicted molar refractivity (Wildman–Crippen MR) is 128 cm³/mol. The zero-order chi connectivity index (χ0) is 22.8. The minimum absolute atomic E-state index is 0.238. The van der Waals surface area contributed by atoms with E-state index in [1.807, 2.05) is 24.3 Å². The smallest absolute Gasteiger partial charge is 0.309 e. The van der Waals surface area contributed by atoms with Gasteiger partial charge in [0.2, 0.25) is 0 Å². The van der Waals surface area contributed by atoms with Crippen LogP contribution in [0.15, 0.2) is 72.3 Å². The summed E-state index contributed by atoms with van der Waals surface area (Å²) in [6.45, 7) is 5.06. The molecule has 1 N–H and O–H groups in total. The molecule has 3 aromatic rings. The molecule has 5 nitrogen and oxygen atoms in total. The summed E-state index contributed by atoms with van der Waals surface area (Å²) in [6, 6.07) is 22.8. The average Bonchev–Trinajstić information content (AvgIpc) is 2.80. The van der Waals surface area contributed by atoms with Crippen LogP contribution in [0.4, 0.5) is 0 Å². The summed E-state index contributed by atoms with van der Waals surface area (Å²) in [6.07, 6.45) is 2.14. The van der Waals surface area contributed by atoms with Crippen LogP contribution in [0.3, 0.4) is 0 Å². The Morgan fingerprint density at radius 1 is 1.09 bits per heavy atom. The van der Waals surface area contributed by atoms with E-state index in [2.05, 4.69) is 60.4 Å². The third-order valence-corrected chi connectivity index (χ3v) is 6.24. The van der Waals surface area contributed by atoms with Crippen molar-refractivity contribution in [3.8, 4) is 22.6 Å². The summed E-state index contributed by atoms with van der Waals surface area (Å²) in [5, 5.41) is 9.04. The lowest BCUT2D eigenvalue weighted by molar-refractivity contribution is -0.147. The SMILES string of the molecule is Cc1ccc(COc2ccc3c(c2)OCC(CN2CC(C(=O)O)C2)=C3)c(-c2ccccc2)c1. The number of carboxylic acid groups (broad SMARTS) is 1. The Kier molecular flexibility index (Phi) is 5.88. The summed E-state index contributed by atoms with van der Waals surface area (Å²) in [7, 11) is 0. The highest BCUT2D eigenvalue weighted by Crippen LogP contribution is 2.32. The second-order valence-corrected chi connectivity index (χ2v) is 8.84. The monoisotopic (exact) mass is 441 g/mol. The third-order valence-electron chi connectivity index (χ3n) is 6.24. The van der Waals surface area contributed by atoms with E-state index in [1.54, 1.807) is 0 Å². The summed E-state index contributed by atoms with van der Waals surface area (Å²) in [4.78, 5) is 13.1. The van der Waals surface area contributed by atoms with E-state index >= 15 is 0 Å². The van der Waals surface area contributed by atoms with Crippen molar-refractivity contribution in [2.45, 2.75) is 13.5 Å². The Labute approximate surface area is 193 Å². The largest absolute Gasteiger partial charge is 0.489 e. The number of aryl methyl sites for hydroxylation is 1. The Bertz CT molecular complexity index is 1200. The van der Waals surface area contributed by atoms with Gasteiger partial charge in [0.15, 0.2) is 0 Å². The first-order valence-electron chi connectivity index (χ1n) is 11.2. The van der Waals surface area contributed by atoms with Crippen molar-refractivity contribution in [2.24, 2.45) is 5.92 Å². The number of carbonyl (C=O) groups is 1. The van der Waals surface area contributed by atoms with Gasteiger partial charge in [0.25, 0.3) is 0 Å². The van der Waals surface area contributed by atoms with E-state index in [4.69, 9.17) is 14.6 Å². The number of ether oxygens (including phenoxy) is 2. The normalized spacial score (nSPS) is 15.7. The molecule has 2 aliphatic rings. The first-order chi connectivity index (χ1) is 16.0. The molecule has 5 rings (SSSR count). The molecule has 168 valence electrons. The van der Waals surface area contributed by atoms with E-state index < -0.39 is 5.97 Å². The molecule has 2 aliphatic heterocycles. The lowest BCUT2D eigenvalue weighted by Crippen LogP contribution is -2.51. The topological polar surface area (TPSA) is 59.0 Å². The van der Waals surface area contributed by atoms with Gasteiger partial charge in [0.1, 0.15) is 24.7 Å². The maximum Gasteiger partial charge on any atom is 0.309 e. The molecule has 0 aromatic heterocycles. The van der Waals surface area contributed by atoms with E-state index in [0.29, 0.717) is 26.3 Å². The van der Waals surface area contributed by atoms with Crippen LogP contribution < -0.4 is 9.47 Å². The second kappa shape index (κ2) is 9.12. The molecule has 0 bridgehead atoms. The van der Waals surface area contributed by atoms with Crippen molar-refractivity contribution in [2.75, 3.05) is 26.2 Å². The van der Waals surface area contributed by atoms with Crippen LogP contribution in [0.5, 0.6) is 11.5 Å². The van der Waals surface area contributed by atoms with Crippen LogP contribution in [-0.4, -0.2) is 42.2 Å². The van der Waals surface area contributed by atoms with E-state index in [1.165, 1.54) is 16.7 Å². The average molecular weight is 442 g/mol. The molecule has 3 aromatic carbocycles. The van der Waals surface area contributed by atoms with Gasteiger partial charge in [0, 0.05) is 31.3 Å². The van der Waals surface area contributed by atoms with Gasteiger partial charge in [-0.25, -0.2) is 0 Å². The standard InChI is InChI=1S/C28H27NO4/c1-19-7-8-23(26(11-19)21-5-3-2-4-6-21)18-32-25-10-9-22-12-20(17-33-27(22)13-25)14-29-15-24(16-29)28(30)31/h2-13,24H,14-18H2,1H3,(H,30,31). The molecule has 1 saturated heterocycles. The molecular weight excluding hydrogens is 414 g/mol. The lowest BCUT2D eigenvalue weighted by Gasteiger charge is -2.37. The number of rotatable bonds is 7. The van der Waals surface area contributed by atoms with Crippen LogP contribution in [0.2, 0.25) is 0 Å². The fraction of sp³-hybridized carbons (Fsp3) is 0.250. The maximum atomic E-state index is 11.0. The van der Waals surface area contributed by atoms with Gasteiger partial charge in [-0.3, -0.25) is 9.69 Å². The van der Waals surface area contributed by atoms with Gasteiger partial charge in [-0.2, -0.15) is 0 Å². The van der Waals surface area contributed by atoms with Crippen molar-refractivity contribution >= 4 is 12.0 Å². The zero-order valence-electron chi connectivity index (χ0n) is 18.7. The molecule has 0 aliphatic carbocycles. The van der Waals surface area contributed by atoms with Crippen LogP contribution in [0.25, 0.3) is 17.2 Å². The van der Waals surface area contributed by atoms with Gasteiger partial charge in [-0.1, -0.05) is 54.1 Å². The molecule has 5 heteroatoms. The molecule has 33 heavy (non-hydrogen) atoms. The summed E-state index contributed by atoms with van der Waals surface area (Å²) in [5.41, 5.74) is 6.92. The molecule has 2 heterocycles. The number of fused-ring (bicyclic) bond motifs is 1. The minimum Gasteiger partial charge on any atom is -0.489 e. The zero-order valence-corrected chi connectivity index (χ0v) is 18.7. The van der Waals surface area contributed by atoms with Crippen LogP contribution in [0.1, 0.15) is 16.7 Å². The van der Waals surface area contributed by atoms with Crippen molar-refractivity contribution in [1.29, 1.82) is 0 Å². The molecule has 0 atom stereocenters. The van der Waals surface area contributed by atoms with Crippen molar-refractivity contribution in [3.05, 3.63) is 89.0 Å².